The molecule has 21 heavy (non-hydrogen) atoms. The summed E-state index contributed by atoms with van der Waals surface area (Å²) in [5.41, 5.74) is 3.48. The van der Waals surface area contributed by atoms with Gasteiger partial charge in [-0.05, 0) is 45.7 Å². The van der Waals surface area contributed by atoms with Crippen molar-refractivity contribution < 1.29 is 9.53 Å². The highest BCUT2D eigenvalue weighted by Crippen LogP contribution is 2.16. The number of nitrogens with one attached hydrogen (secondary N) is 1. The lowest BCUT2D eigenvalue weighted by molar-refractivity contribution is 0.00518. The average molecular weight is 290 g/mol. The number of carbonyl (C=O) groups excluding carboxylic acids is 1. The van der Waals surface area contributed by atoms with Crippen molar-refractivity contribution in [3.8, 4) is 0 Å². The van der Waals surface area contributed by atoms with E-state index in [1.165, 1.54) is 16.7 Å². The number of ether oxygens (including phenoxy) is 1. The van der Waals surface area contributed by atoms with Crippen molar-refractivity contribution in [2.45, 2.75) is 52.8 Å². The lowest BCUT2D eigenvalue weighted by atomic mass is 10.0. The molecule has 1 amide bonds. The molecule has 0 aliphatic carbocycles. The van der Waals surface area contributed by atoms with Crippen molar-refractivity contribution in [2.24, 2.45) is 0 Å². The van der Waals surface area contributed by atoms with Crippen LogP contribution in [-0.2, 0) is 11.3 Å². The van der Waals surface area contributed by atoms with Gasteiger partial charge in [0.15, 0.2) is 0 Å². The third kappa shape index (κ3) is 4.46. The Morgan fingerprint density at radius 1 is 1.33 bits per heavy atom. The molecular formula is C17H26N2O2. The first-order valence-corrected chi connectivity index (χ1v) is 7.52. The maximum Gasteiger partial charge on any atom is 0.410 e. The highest BCUT2D eigenvalue weighted by molar-refractivity contribution is 5.69. The van der Waals surface area contributed by atoms with Gasteiger partial charge >= 0.3 is 6.09 Å². The standard InChI is InChI=1S/C17H26N2O2/c1-12-6-7-13(2)14(8-12)9-18-15-10-19(11-15)16(20)21-17(3,4)5/h6-8,15,18H,9-11H2,1-5H3. The van der Waals surface area contributed by atoms with Crippen molar-refractivity contribution in [1.82, 2.24) is 10.2 Å². The van der Waals surface area contributed by atoms with E-state index in [2.05, 4.69) is 37.4 Å². The highest BCUT2D eigenvalue weighted by Gasteiger charge is 2.33. The van der Waals surface area contributed by atoms with Gasteiger partial charge in [0.25, 0.3) is 0 Å². The molecule has 116 valence electrons. The zero-order valence-corrected chi connectivity index (χ0v) is 13.7. The number of carbonyl (C=O) groups is 1. The predicted octanol–water partition coefficient (Wildman–Crippen LogP) is 3.01. The molecule has 1 fully saturated rings. The first kappa shape index (κ1) is 15.8. The van der Waals surface area contributed by atoms with Gasteiger partial charge in [-0.2, -0.15) is 0 Å². The Morgan fingerprint density at radius 3 is 2.62 bits per heavy atom. The van der Waals surface area contributed by atoms with Crippen LogP contribution in [0.15, 0.2) is 18.2 Å². The minimum absolute atomic E-state index is 0.215. The van der Waals surface area contributed by atoms with Gasteiger partial charge in [-0.25, -0.2) is 4.79 Å². The first-order chi connectivity index (χ1) is 9.74. The number of rotatable bonds is 3. The quantitative estimate of drug-likeness (QED) is 0.930. The van der Waals surface area contributed by atoms with E-state index in [0.717, 1.165) is 19.6 Å². The Bertz CT molecular complexity index is 514. The van der Waals surface area contributed by atoms with E-state index < -0.39 is 5.60 Å². The second-order valence-corrected chi connectivity index (χ2v) is 6.89. The monoisotopic (exact) mass is 290 g/mol. The minimum Gasteiger partial charge on any atom is -0.444 e. The van der Waals surface area contributed by atoms with Crippen LogP contribution in [0.25, 0.3) is 0 Å². The lowest BCUT2D eigenvalue weighted by Gasteiger charge is -2.40. The first-order valence-electron chi connectivity index (χ1n) is 7.52. The molecule has 1 aliphatic heterocycles. The number of hydrogen-bond donors (Lipinski definition) is 1. The molecular weight excluding hydrogens is 264 g/mol. The van der Waals surface area contributed by atoms with Gasteiger partial charge in [0.2, 0.25) is 0 Å². The number of amides is 1. The van der Waals surface area contributed by atoms with Crippen molar-refractivity contribution in [1.29, 1.82) is 0 Å². The van der Waals surface area contributed by atoms with Crippen LogP contribution >= 0.6 is 0 Å². The Balaban J connectivity index is 1.76. The summed E-state index contributed by atoms with van der Waals surface area (Å²) in [7, 11) is 0. The van der Waals surface area contributed by atoms with Crippen LogP contribution in [0.5, 0.6) is 0 Å². The fourth-order valence-electron chi connectivity index (χ4n) is 2.33. The average Bonchev–Trinajstić information content (AvgIpc) is 2.29. The van der Waals surface area contributed by atoms with E-state index >= 15 is 0 Å². The van der Waals surface area contributed by atoms with Gasteiger partial charge < -0.3 is 15.0 Å². The van der Waals surface area contributed by atoms with E-state index in [9.17, 15) is 4.79 Å². The minimum atomic E-state index is -0.422. The fourth-order valence-corrected chi connectivity index (χ4v) is 2.33. The maximum atomic E-state index is 11.8. The van der Waals surface area contributed by atoms with Gasteiger partial charge in [0.1, 0.15) is 5.60 Å². The van der Waals surface area contributed by atoms with E-state index in [1.54, 1.807) is 4.90 Å². The number of likely N-dealkylation sites (tertiary alicyclic amines) is 1. The Morgan fingerprint density at radius 2 is 2.00 bits per heavy atom. The lowest BCUT2D eigenvalue weighted by Crippen LogP contribution is -2.60. The Hall–Kier alpha value is -1.55. The topological polar surface area (TPSA) is 41.6 Å². The maximum absolute atomic E-state index is 11.8. The van der Waals surface area contributed by atoms with Gasteiger partial charge in [-0.1, -0.05) is 23.8 Å². The molecule has 4 nitrogen and oxygen atoms in total. The molecule has 0 aromatic heterocycles. The molecule has 1 N–H and O–H groups in total. The molecule has 0 spiro atoms. The van der Waals surface area contributed by atoms with Crippen LogP contribution < -0.4 is 5.32 Å². The van der Waals surface area contributed by atoms with Crippen LogP contribution in [0.2, 0.25) is 0 Å². The zero-order chi connectivity index (χ0) is 15.6. The van der Waals surface area contributed by atoms with E-state index in [0.29, 0.717) is 6.04 Å². The second kappa shape index (κ2) is 6.06. The second-order valence-electron chi connectivity index (χ2n) is 6.89. The third-order valence-corrected chi connectivity index (χ3v) is 3.62. The van der Waals surface area contributed by atoms with Gasteiger partial charge in [0.05, 0.1) is 0 Å². The zero-order valence-electron chi connectivity index (χ0n) is 13.7. The van der Waals surface area contributed by atoms with Crippen LogP contribution in [0.4, 0.5) is 4.79 Å². The summed E-state index contributed by atoms with van der Waals surface area (Å²) in [6, 6.07) is 6.86. The van der Waals surface area contributed by atoms with Crippen molar-refractivity contribution in [2.75, 3.05) is 13.1 Å². The van der Waals surface area contributed by atoms with Crippen molar-refractivity contribution in [3.63, 3.8) is 0 Å². The molecule has 1 aromatic carbocycles. The molecule has 0 bridgehead atoms. The fraction of sp³-hybridized carbons (Fsp3) is 0.588. The summed E-state index contributed by atoms with van der Waals surface area (Å²) >= 11 is 0. The summed E-state index contributed by atoms with van der Waals surface area (Å²) in [6.45, 7) is 12.2. The Labute approximate surface area is 127 Å². The van der Waals surface area contributed by atoms with Crippen molar-refractivity contribution in [3.05, 3.63) is 34.9 Å². The SMILES string of the molecule is Cc1ccc(C)c(CNC2CN(C(=O)OC(C)(C)C)C2)c1. The molecule has 0 saturated carbocycles. The molecule has 1 aliphatic rings. The van der Waals surface area contributed by atoms with Crippen LogP contribution in [-0.4, -0.2) is 35.7 Å². The Kier molecular flexibility index (Phi) is 4.57. The van der Waals surface area contributed by atoms with Gasteiger partial charge in [-0.15, -0.1) is 0 Å². The number of nitrogens with zero attached hydrogens (tertiary/aromatic N) is 1. The summed E-state index contributed by atoms with van der Waals surface area (Å²) in [4.78, 5) is 13.6. The van der Waals surface area contributed by atoms with E-state index in [4.69, 9.17) is 4.74 Å². The molecule has 1 heterocycles. The summed E-state index contributed by atoms with van der Waals surface area (Å²) in [6.07, 6.45) is -0.215. The van der Waals surface area contributed by atoms with Crippen LogP contribution in [0, 0.1) is 13.8 Å². The van der Waals surface area contributed by atoms with Crippen LogP contribution in [0.3, 0.4) is 0 Å². The summed E-state index contributed by atoms with van der Waals surface area (Å²) < 4.78 is 5.35. The summed E-state index contributed by atoms with van der Waals surface area (Å²) in [5, 5.41) is 3.50. The highest BCUT2D eigenvalue weighted by atomic mass is 16.6. The predicted molar refractivity (Wildman–Crippen MR) is 84.4 cm³/mol. The van der Waals surface area contributed by atoms with Crippen LogP contribution in [0.1, 0.15) is 37.5 Å². The molecule has 0 unspecified atom stereocenters. The number of hydrogen-bond acceptors (Lipinski definition) is 3. The molecule has 4 heteroatoms. The largest absolute Gasteiger partial charge is 0.444 e. The normalized spacial score (nSPS) is 15.8. The number of benzene rings is 1. The molecule has 1 aromatic rings. The van der Waals surface area contributed by atoms with E-state index in [-0.39, 0.29) is 6.09 Å². The molecule has 0 radical (unpaired) electrons. The molecule has 2 rings (SSSR count). The van der Waals surface area contributed by atoms with Gasteiger partial charge in [0, 0.05) is 25.7 Å². The van der Waals surface area contributed by atoms with Crippen molar-refractivity contribution >= 4 is 6.09 Å². The molecule has 0 atom stereocenters. The summed E-state index contributed by atoms with van der Waals surface area (Å²) in [5.74, 6) is 0. The molecule has 1 saturated heterocycles. The smallest absolute Gasteiger partial charge is 0.410 e. The van der Waals surface area contributed by atoms with E-state index in [1.807, 2.05) is 20.8 Å². The third-order valence-electron chi connectivity index (χ3n) is 3.62. The van der Waals surface area contributed by atoms with Gasteiger partial charge in [-0.3, -0.25) is 0 Å². The number of aryl methyl sites for hydroxylation is 2.